The largest absolute Gasteiger partial charge is 0.0882 e. The van der Waals surface area contributed by atoms with Crippen molar-refractivity contribution in [2.24, 2.45) is 82.3 Å². The van der Waals surface area contributed by atoms with Gasteiger partial charge in [-0.25, -0.2) is 0 Å². The summed E-state index contributed by atoms with van der Waals surface area (Å²) in [5.74, 6) is 11.0. The first-order valence-corrected chi connectivity index (χ1v) is 17.3. The molecule has 5 fully saturated rings. The van der Waals surface area contributed by atoms with Gasteiger partial charge in [-0.2, -0.15) is 0 Å². The normalized spacial score (nSPS) is 55.1. The number of halogens is 1. The molecule has 0 bridgehead atoms. The van der Waals surface area contributed by atoms with E-state index in [4.69, 9.17) is 0 Å². The molecular weight excluding hydrogens is 524 g/mol. The molecule has 0 aromatic rings. The van der Waals surface area contributed by atoms with Gasteiger partial charge in [-0.05, 0) is 127 Å². The Morgan fingerprint density at radius 2 is 1.45 bits per heavy atom. The predicted octanol–water partition coefficient (Wildman–Crippen LogP) is 9.83. The zero-order valence-corrected chi connectivity index (χ0v) is 24.5. The van der Waals surface area contributed by atoms with Crippen LogP contribution in [0.5, 0.6) is 0 Å². The minimum atomic E-state index is 0.539. The summed E-state index contributed by atoms with van der Waals surface area (Å²) >= 11 is 3.94. The van der Waals surface area contributed by atoms with Crippen LogP contribution in [0.25, 0.3) is 0 Å². The van der Waals surface area contributed by atoms with E-state index in [1.54, 1.807) is 0 Å². The molecule has 9 aliphatic rings. The van der Waals surface area contributed by atoms with E-state index in [1.807, 2.05) is 5.57 Å². The predicted molar refractivity (Wildman–Crippen MR) is 160 cm³/mol. The molecule has 1 spiro atoms. The second-order valence-corrected chi connectivity index (χ2v) is 15.8. The van der Waals surface area contributed by atoms with E-state index in [-0.39, 0.29) is 0 Å². The molecular formula is C37H45Br. The third kappa shape index (κ3) is 2.99. The zero-order valence-electron chi connectivity index (χ0n) is 22.9. The van der Waals surface area contributed by atoms with Crippen molar-refractivity contribution in [3.63, 3.8) is 0 Å². The van der Waals surface area contributed by atoms with E-state index in [2.05, 4.69) is 76.7 Å². The van der Waals surface area contributed by atoms with Crippen molar-refractivity contribution >= 4 is 15.9 Å². The topological polar surface area (TPSA) is 0 Å². The van der Waals surface area contributed by atoms with Gasteiger partial charge in [-0.1, -0.05) is 108 Å². The van der Waals surface area contributed by atoms with Crippen LogP contribution in [0, 0.1) is 82.3 Å². The number of rotatable bonds is 0. The fraction of sp³-hybridized carbons (Fsp3) is 0.676. The second-order valence-electron chi connectivity index (χ2n) is 14.9. The van der Waals surface area contributed by atoms with Crippen LogP contribution in [0.4, 0.5) is 0 Å². The third-order valence-electron chi connectivity index (χ3n) is 14.2. The Balaban J connectivity index is 1.22. The molecule has 5 saturated carbocycles. The molecule has 14 atom stereocenters. The average molecular weight is 570 g/mol. The number of hydrogen-bond donors (Lipinski definition) is 0. The lowest BCUT2D eigenvalue weighted by Crippen LogP contribution is -2.50. The zero-order chi connectivity index (χ0) is 25.0. The van der Waals surface area contributed by atoms with Crippen LogP contribution in [0.3, 0.4) is 0 Å². The SMILES string of the molecule is BrC1=CC2C3CCCCC3C3(C4CC5C(C=C4C4CCCCC43)C3C=CC=CC3C3C=CCCC35)C2C=C1. The maximum Gasteiger partial charge on any atom is 0.0135 e. The molecule has 0 radical (unpaired) electrons. The Kier molecular flexibility index (Phi) is 5.41. The Morgan fingerprint density at radius 1 is 0.658 bits per heavy atom. The van der Waals surface area contributed by atoms with E-state index in [1.165, 1.54) is 75.1 Å². The van der Waals surface area contributed by atoms with Crippen LogP contribution in [0.1, 0.15) is 70.6 Å². The highest BCUT2D eigenvalue weighted by Crippen LogP contribution is 2.77. The van der Waals surface area contributed by atoms with Crippen LogP contribution in [0.15, 0.2) is 70.8 Å². The van der Waals surface area contributed by atoms with Gasteiger partial charge in [0.1, 0.15) is 0 Å². The van der Waals surface area contributed by atoms with Crippen molar-refractivity contribution in [3.8, 4) is 0 Å². The van der Waals surface area contributed by atoms with Crippen LogP contribution in [-0.2, 0) is 0 Å². The molecule has 9 rings (SSSR count). The fourth-order valence-corrected chi connectivity index (χ4v) is 13.9. The smallest absolute Gasteiger partial charge is 0.0135 e. The quantitative estimate of drug-likeness (QED) is 0.255. The van der Waals surface area contributed by atoms with Crippen molar-refractivity contribution in [2.75, 3.05) is 0 Å². The molecule has 1 heteroatoms. The van der Waals surface area contributed by atoms with Crippen molar-refractivity contribution in [1.29, 1.82) is 0 Å². The van der Waals surface area contributed by atoms with Gasteiger partial charge in [0.2, 0.25) is 0 Å². The van der Waals surface area contributed by atoms with Gasteiger partial charge >= 0.3 is 0 Å². The monoisotopic (exact) mass is 568 g/mol. The van der Waals surface area contributed by atoms with Gasteiger partial charge in [-0.3, -0.25) is 0 Å². The second kappa shape index (κ2) is 8.71. The Hall–Kier alpha value is -1.08. The molecule has 9 aliphatic carbocycles. The van der Waals surface area contributed by atoms with Gasteiger partial charge < -0.3 is 0 Å². The van der Waals surface area contributed by atoms with Crippen molar-refractivity contribution in [3.05, 3.63) is 70.8 Å². The summed E-state index contributed by atoms with van der Waals surface area (Å²) in [4.78, 5) is 0. The lowest BCUT2D eigenvalue weighted by atomic mass is 9.48. The molecule has 0 aliphatic heterocycles. The molecule has 0 amide bonds. The summed E-state index contributed by atoms with van der Waals surface area (Å²) in [6.07, 6.45) is 42.3. The number of allylic oxidation sites excluding steroid dienone is 12. The van der Waals surface area contributed by atoms with E-state index < -0.39 is 0 Å². The van der Waals surface area contributed by atoms with E-state index in [0.29, 0.717) is 5.41 Å². The van der Waals surface area contributed by atoms with Crippen LogP contribution in [-0.4, -0.2) is 0 Å². The van der Waals surface area contributed by atoms with Crippen LogP contribution < -0.4 is 0 Å². The highest BCUT2D eigenvalue weighted by Gasteiger charge is 2.71. The first kappa shape index (κ1) is 23.6. The molecule has 0 aromatic carbocycles. The average Bonchev–Trinajstić information content (AvgIpc) is 3.43. The van der Waals surface area contributed by atoms with Crippen molar-refractivity contribution in [1.82, 2.24) is 0 Å². The first-order valence-electron chi connectivity index (χ1n) is 16.6. The molecule has 0 nitrogen and oxygen atoms in total. The van der Waals surface area contributed by atoms with Gasteiger partial charge in [0.05, 0.1) is 0 Å². The van der Waals surface area contributed by atoms with Gasteiger partial charge in [0.25, 0.3) is 0 Å². The Morgan fingerprint density at radius 3 is 2.34 bits per heavy atom. The lowest BCUT2D eigenvalue weighted by molar-refractivity contribution is -0.0336. The summed E-state index contributed by atoms with van der Waals surface area (Å²) in [6.45, 7) is 0. The van der Waals surface area contributed by atoms with Crippen LogP contribution in [0.2, 0.25) is 0 Å². The summed E-state index contributed by atoms with van der Waals surface area (Å²) in [6, 6.07) is 0. The van der Waals surface area contributed by atoms with Crippen molar-refractivity contribution in [2.45, 2.75) is 70.6 Å². The number of hydrogen-bond acceptors (Lipinski definition) is 0. The molecule has 14 unspecified atom stereocenters. The third-order valence-corrected chi connectivity index (χ3v) is 14.7. The molecule has 0 saturated heterocycles. The Bertz CT molecular complexity index is 1180. The first-order chi connectivity index (χ1) is 18.8. The lowest BCUT2D eigenvalue weighted by Gasteiger charge is -2.56. The van der Waals surface area contributed by atoms with Crippen LogP contribution >= 0.6 is 15.9 Å². The summed E-state index contributed by atoms with van der Waals surface area (Å²) in [5, 5.41) is 0. The molecule has 0 heterocycles. The molecule has 200 valence electrons. The molecule has 0 N–H and O–H groups in total. The Labute approximate surface area is 239 Å². The highest BCUT2D eigenvalue weighted by atomic mass is 79.9. The standard InChI is InChI=1S/C37H45Br/c38-22-17-18-35-31(19-22)27-13-5-7-15-33(27)37(35)34-16-8-6-14-28(34)32-20-29-25-11-3-1-9-23(25)24-10-2-4-12-26(24)30(29)21-36(32)37/h1-3,9-11,17-20,23-31,33-36H,4-8,12-16,21H2. The minimum absolute atomic E-state index is 0.539. The van der Waals surface area contributed by atoms with E-state index in [0.717, 1.165) is 76.9 Å². The van der Waals surface area contributed by atoms with Gasteiger partial charge in [0, 0.05) is 4.48 Å². The maximum absolute atomic E-state index is 3.94. The van der Waals surface area contributed by atoms with Gasteiger partial charge in [0.15, 0.2) is 0 Å². The summed E-state index contributed by atoms with van der Waals surface area (Å²) in [7, 11) is 0. The van der Waals surface area contributed by atoms with Crippen molar-refractivity contribution < 1.29 is 0 Å². The fourth-order valence-electron chi connectivity index (χ4n) is 13.4. The van der Waals surface area contributed by atoms with Gasteiger partial charge in [-0.15, -0.1) is 0 Å². The molecule has 0 aromatic heterocycles. The van der Waals surface area contributed by atoms with E-state index >= 15 is 0 Å². The number of fused-ring (bicyclic) bond motifs is 16. The highest BCUT2D eigenvalue weighted by molar-refractivity contribution is 9.11. The van der Waals surface area contributed by atoms with E-state index in [9.17, 15) is 0 Å². The maximum atomic E-state index is 3.94. The summed E-state index contributed by atoms with van der Waals surface area (Å²) < 4.78 is 1.37. The molecule has 38 heavy (non-hydrogen) atoms. The minimum Gasteiger partial charge on any atom is -0.0882 e. The summed E-state index contributed by atoms with van der Waals surface area (Å²) in [5.41, 5.74) is 2.55.